The Balaban J connectivity index is 1.51. The molecule has 2 fully saturated rings. The van der Waals surface area contributed by atoms with Crippen LogP contribution in [0, 0.1) is 4.91 Å². The lowest BCUT2D eigenvalue weighted by Gasteiger charge is -2.29. The highest BCUT2D eigenvalue weighted by atomic mass is 16.3. The fraction of sp³-hybridized carbons (Fsp3) is 0.478. The van der Waals surface area contributed by atoms with Crippen molar-refractivity contribution in [2.24, 2.45) is 5.29 Å². The molecule has 0 radical (unpaired) electrons. The lowest BCUT2D eigenvalue weighted by Crippen LogP contribution is -2.43. The molecule has 1 saturated carbocycles. The molecule has 1 saturated heterocycles. The maximum atomic E-state index is 12.9. The van der Waals surface area contributed by atoms with Crippen molar-refractivity contribution >= 4 is 34.4 Å². The van der Waals surface area contributed by atoms with Gasteiger partial charge in [0, 0.05) is 57.9 Å². The zero-order valence-corrected chi connectivity index (χ0v) is 19.5. The minimum Gasteiger partial charge on any atom is -0.368 e. The predicted molar refractivity (Wildman–Crippen MR) is 130 cm³/mol. The molecule has 34 heavy (non-hydrogen) atoms. The van der Waals surface area contributed by atoms with E-state index >= 15 is 0 Å². The van der Waals surface area contributed by atoms with Crippen LogP contribution in [-0.2, 0) is 0 Å². The summed E-state index contributed by atoms with van der Waals surface area (Å²) in [4.78, 5) is 42.1. The molecule has 11 nitrogen and oxygen atoms in total. The molecule has 3 aromatic rings. The molecule has 11 heteroatoms. The normalized spacial score (nSPS) is 16.7. The minimum atomic E-state index is -0.0815. The van der Waals surface area contributed by atoms with Crippen LogP contribution in [0.1, 0.15) is 42.2 Å². The number of nitroso groups, excluding NO2 is 1. The van der Waals surface area contributed by atoms with Crippen LogP contribution in [0.4, 0.5) is 17.5 Å². The number of nitrogens with one attached hydrogen (secondary N) is 1. The third-order valence-corrected chi connectivity index (χ3v) is 6.58. The first kappa shape index (κ1) is 22.2. The average molecular weight is 464 g/mol. The number of anilines is 3. The van der Waals surface area contributed by atoms with Crippen LogP contribution in [0.5, 0.6) is 0 Å². The highest BCUT2D eigenvalue weighted by Crippen LogP contribution is 2.35. The Morgan fingerprint density at radius 1 is 1.12 bits per heavy atom. The van der Waals surface area contributed by atoms with Gasteiger partial charge in [-0.1, -0.05) is 12.8 Å². The van der Waals surface area contributed by atoms with Crippen molar-refractivity contribution in [1.29, 1.82) is 0 Å². The summed E-state index contributed by atoms with van der Waals surface area (Å²) < 4.78 is 2.01. The number of carbonyl (C=O) groups excluding carboxylic acids is 1. The van der Waals surface area contributed by atoms with Gasteiger partial charge in [-0.15, -0.1) is 9.92 Å². The van der Waals surface area contributed by atoms with Crippen molar-refractivity contribution in [3.05, 3.63) is 41.2 Å². The Hall–Kier alpha value is -3.60. The standard InChI is InChI=1S/C23H29N9O2/c1-29(2)22(33)19-13-16-14-26-23(27-21(16)31(19)17-5-3-4-6-17)32(28-34)20-8-7-18(15-25-20)30-11-9-24-10-12-30/h7-8,13-15,17,24H,3-6,9-12H2,1-2H3. The highest BCUT2D eigenvalue weighted by molar-refractivity contribution is 5.98. The van der Waals surface area contributed by atoms with E-state index in [1.807, 2.05) is 16.7 Å². The lowest BCUT2D eigenvalue weighted by molar-refractivity contribution is 0.0815. The first-order chi connectivity index (χ1) is 16.6. The van der Waals surface area contributed by atoms with Crippen LogP contribution in [0.3, 0.4) is 0 Å². The number of carbonyl (C=O) groups is 1. The van der Waals surface area contributed by atoms with Gasteiger partial charge in [-0.3, -0.25) is 4.79 Å². The number of rotatable bonds is 6. The third-order valence-electron chi connectivity index (χ3n) is 6.58. The highest BCUT2D eigenvalue weighted by Gasteiger charge is 2.27. The van der Waals surface area contributed by atoms with Crippen molar-refractivity contribution in [3.63, 3.8) is 0 Å². The van der Waals surface area contributed by atoms with E-state index in [-0.39, 0.29) is 17.9 Å². The summed E-state index contributed by atoms with van der Waals surface area (Å²) in [5, 5.41) is 8.35. The van der Waals surface area contributed by atoms with Gasteiger partial charge in [0.15, 0.2) is 5.82 Å². The van der Waals surface area contributed by atoms with Gasteiger partial charge in [-0.2, -0.15) is 4.98 Å². The summed E-state index contributed by atoms with van der Waals surface area (Å²) in [6.45, 7) is 3.67. The molecule has 0 aromatic carbocycles. The molecular weight excluding hydrogens is 434 g/mol. The molecule has 3 aromatic heterocycles. The van der Waals surface area contributed by atoms with E-state index in [1.54, 1.807) is 37.5 Å². The second-order valence-corrected chi connectivity index (χ2v) is 8.99. The zero-order valence-electron chi connectivity index (χ0n) is 19.5. The maximum absolute atomic E-state index is 12.9. The predicted octanol–water partition coefficient (Wildman–Crippen LogP) is 2.87. The molecule has 0 atom stereocenters. The first-order valence-electron chi connectivity index (χ1n) is 11.7. The average Bonchev–Trinajstić information content (AvgIpc) is 3.52. The van der Waals surface area contributed by atoms with Crippen molar-refractivity contribution in [1.82, 2.24) is 29.7 Å². The number of aromatic nitrogens is 4. The summed E-state index contributed by atoms with van der Waals surface area (Å²) in [5.41, 5.74) is 2.21. The monoisotopic (exact) mass is 463 g/mol. The van der Waals surface area contributed by atoms with Gasteiger partial charge >= 0.3 is 0 Å². The van der Waals surface area contributed by atoms with E-state index in [4.69, 9.17) is 4.98 Å². The van der Waals surface area contributed by atoms with E-state index in [0.29, 0.717) is 17.2 Å². The topological polar surface area (TPSA) is 112 Å². The van der Waals surface area contributed by atoms with Gasteiger partial charge in [-0.25, -0.2) is 9.97 Å². The number of pyridine rings is 1. The van der Waals surface area contributed by atoms with Gasteiger partial charge in [0.05, 0.1) is 17.2 Å². The fourth-order valence-electron chi connectivity index (χ4n) is 4.82. The van der Waals surface area contributed by atoms with Crippen LogP contribution in [0.2, 0.25) is 0 Å². The van der Waals surface area contributed by atoms with E-state index in [0.717, 1.165) is 67.9 Å². The van der Waals surface area contributed by atoms with Gasteiger partial charge in [0.1, 0.15) is 11.3 Å². The number of fused-ring (bicyclic) bond motifs is 1. The van der Waals surface area contributed by atoms with E-state index in [1.165, 1.54) is 0 Å². The number of hydrogen-bond acceptors (Lipinski definition) is 8. The number of amides is 1. The van der Waals surface area contributed by atoms with Crippen molar-refractivity contribution in [2.45, 2.75) is 31.7 Å². The van der Waals surface area contributed by atoms with E-state index < -0.39 is 0 Å². The Bertz CT molecular complexity index is 1180. The van der Waals surface area contributed by atoms with Gasteiger partial charge in [-0.05, 0) is 31.0 Å². The summed E-state index contributed by atoms with van der Waals surface area (Å²) in [6, 6.07) is 5.70. The van der Waals surface area contributed by atoms with E-state index in [2.05, 4.69) is 25.5 Å². The van der Waals surface area contributed by atoms with Crippen molar-refractivity contribution in [2.75, 3.05) is 50.2 Å². The number of piperazine rings is 1. The molecular formula is C23H29N9O2. The molecule has 0 bridgehead atoms. The molecule has 1 amide bonds. The molecule has 178 valence electrons. The molecule has 0 spiro atoms. The van der Waals surface area contributed by atoms with Gasteiger partial charge in [0.25, 0.3) is 11.9 Å². The van der Waals surface area contributed by atoms with Gasteiger partial charge < -0.3 is 19.7 Å². The van der Waals surface area contributed by atoms with Crippen LogP contribution in [0.15, 0.2) is 35.9 Å². The van der Waals surface area contributed by atoms with Crippen molar-refractivity contribution in [3.8, 4) is 0 Å². The fourth-order valence-corrected chi connectivity index (χ4v) is 4.82. The molecule has 1 N–H and O–H groups in total. The summed E-state index contributed by atoms with van der Waals surface area (Å²) in [7, 11) is 3.48. The SMILES string of the molecule is CN(C)C(=O)c1cc2cnc(N(N=O)c3ccc(N4CCNCC4)cn3)nc2n1C1CCCC1. The largest absolute Gasteiger partial charge is 0.368 e. The Morgan fingerprint density at radius 2 is 1.88 bits per heavy atom. The van der Waals surface area contributed by atoms with E-state index in [9.17, 15) is 9.70 Å². The van der Waals surface area contributed by atoms with Crippen LogP contribution in [0.25, 0.3) is 11.0 Å². The quantitative estimate of drug-likeness (QED) is 0.439. The minimum absolute atomic E-state index is 0.0815. The first-order valence-corrected chi connectivity index (χ1v) is 11.7. The molecule has 5 rings (SSSR count). The maximum Gasteiger partial charge on any atom is 0.270 e. The smallest absolute Gasteiger partial charge is 0.270 e. The second-order valence-electron chi connectivity index (χ2n) is 8.99. The van der Waals surface area contributed by atoms with Gasteiger partial charge in [0.2, 0.25) is 0 Å². The molecule has 2 aliphatic rings. The van der Waals surface area contributed by atoms with Crippen molar-refractivity contribution < 1.29 is 4.79 Å². The second kappa shape index (κ2) is 9.34. The summed E-state index contributed by atoms with van der Waals surface area (Å²) in [6.07, 6.45) is 7.59. The Morgan fingerprint density at radius 3 is 2.53 bits per heavy atom. The molecule has 0 unspecified atom stereocenters. The third kappa shape index (κ3) is 4.07. The van der Waals surface area contributed by atoms with Crippen LogP contribution >= 0.6 is 0 Å². The molecule has 4 heterocycles. The number of nitrogens with zero attached hydrogens (tertiary/aromatic N) is 8. The Labute approximate surface area is 197 Å². The van der Waals surface area contributed by atoms with Crippen LogP contribution in [-0.4, -0.2) is 70.6 Å². The summed E-state index contributed by atoms with van der Waals surface area (Å²) >= 11 is 0. The molecule has 1 aliphatic heterocycles. The Kier molecular flexibility index (Phi) is 6.10. The molecule has 1 aliphatic carbocycles. The number of hydrogen-bond donors (Lipinski definition) is 1. The zero-order chi connectivity index (χ0) is 23.7. The summed E-state index contributed by atoms with van der Waals surface area (Å²) in [5.74, 6) is 0.393. The lowest BCUT2D eigenvalue weighted by atomic mass is 10.2. The van der Waals surface area contributed by atoms with Crippen LogP contribution < -0.4 is 15.2 Å².